The van der Waals surface area contributed by atoms with E-state index in [2.05, 4.69) is 22.8 Å². The minimum atomic E-state index is -0.0669. The van der Waals surface area contributed by atoms with Crippen molar-refractivity contribution in [1.82, 2.24) is 10.6 Å². The van der Waals surface area contributed by atoms with Crippen LogP contribution in [0.3, 0.4) is 0 Å². The molecule has 1 aliphatic carbocycles. The second-order valence-corrected chi connectivity index (χ2v) is 5.09. The average molecular weight is 230 g/mol. The van der Waals surface area contributed by atoms with Crippen molar-refractivity contribution < 1.29 is 4.79 Å². The number of carbonyl (C=O) groups excluding carboxylic acids is 1. The molecule has 1 saturated carbocycles. The molecule has 1 aromatic rings. The van der Waals surface area contributed by atoms with Gasteiger partial charge in [0.15, 0.2) is 0 Å². The summed E-state index contributed by atoms with van der Waals surface area (Å²) in [6.07, 6.45) is 4.21. The Morgan fingerprint density at radius 2 is 2.06 bits per heavy atom. The zero-order chi connectivity index (χ0) is 11.7. The van der Waals surface area contributed by atoms with E-state index in [-0.39, 0.29) is 17.5 Å². The lowest BCUT2D eigenvalue weighted by Gasteiger charge is -2.20. The fraction of sp³-hybridized carbons (Fsp3) is 0.500. The second-order valence-electron chi connectivity index (χ2n) is 5.09. The lowest BCUT2D eigenvalue weighted by Crippen LogP contribution is -2.45. The third-order valence-electron chi connectivity index (χ3n) is 3.82. The summed E-state index contributed by atoms with van der Waals surface area (Å²) >= 11 is 0. The van der Waals surface area contributed by atoms with E-state index < -0.39 is 0 Å². The number of nitrogens with one attached hydrogen (secondary N) is 2. The highest BCUT2D eigenvalue weighted by Crippen LogP contribution is 2.45. The largest absolute Gasteiger partial charge is 0.345 e. The van der Waals surface area contributed by atoms with E-state index in [0.717, 1.165) is 32.2 Å². The van der Waals surface area contributed by atoms with Gasteiger partial charge >= 0.3 is 0 Å². The smallest absolute Gasteiger partial charge is 0.237 e. The summed E-state index contributed by atoms with van der Waals surface area (Å²) in [5.41, 5.74) is 1.18. The minimum Gasteiger partial charge on any atom is -0.345 e. The fourth-order valence-corrected chi connectivity index (χ4v) is 2.60. The molecule has 3 nitrogen and oxygen atoms in total. The van der Waals surface area contributed by atoms with Crippen molar-refractivity contribution in [3.05, 3.63) is 35.9 Å². The lowest BCUT2D eigenvalue weighted by atomic mass is 10.0. The molecule has 1 aromatic carbocycles. The molecule has 90 valence electrons. The van der Waals surface area contributed by atoms with Crippen LogP contribution in [0.2, 0.25) is 0 Å². The number of hydrogen-bond acceptors (Lipinski definition) is 2. The average Bonchev–Trinajstić information content (AvgIpc) is 2.94. The maximum atomic E-state index is 12.1. The molecule has 2 fully saturated rings. The summed E-state index contributed by atoms with van der Waals surface area (Å²) < 4.78 is 0. The van der Waals surface area contributed by atoms with Gasteiger partial charge in [0.25, 0.3) is 0 Å². The minimum absolute atomic E-state index is 0.0242. The summed E-state index contributed by atoms with van der Waals surface area (Å²) in [4.78, 5) is 12.1. The standard InChI is InChI=1S/C14H18N2O/c17-13(12-7-4-10-15-12)16-14(8-9-14)11-5-2-1-3-6-11/h1-3,5-6,12,15H,4,7-10H2,(H,16,17)/t12-/m1/s1. The van der Waals surface area contributed by atoms with E-state index in [0.29, 0.717) is 0 Å². The third-order valence-corrected chi connectivity index (χ3v) is 3.82. The first-order valence-electron chi connectivity index (χ1n) is 6.41. The molecule has 1 aliphatic heterocycles. The highest BCUT2D eigenvalue weighted by Gasteiger charge is 2.46. The molecule has 1 amide bonds. The molecule has 0 aromatic heterocycles. The Hall–Kier alpha value is -1.35. The molecule has 0 radical (unpaired) electrons. The van der Waals surface area contributed by atoms with Crippen LogP contribution < -0.4 is 10.6 Å². The van der Waals surface area contributed by atoms with E-state index in [1.807, 2.05) is 18.2 Å². The van der Waals surface area contributed by atoms with Crippen LogP contribution in [0.25, 0.3) is 0 Å². The van der Waals surface area contributed by atoms with Gasteiger partial charge in [0.2, 0.25) is 5.91 Å². The first-order chi connectivity index (χ1) is 8.30. The van der Waals surface area contributed by atoms with Gasteiger partial charge in [-0.25, -0.2) is 0 Å². The lowest BCUT2D eigenvalue weighted by molar-refractivity contribution is -0.123. The molecule has 1 atom stereocenters. The van der Waals surface area contributed by atoms with Crippen LogP contribution in [0.4, 0.5) is 0 Å². The van der Waals surface area contributed by atoms with Crippen LogP contribution in [0.15, 0.2) is 30.3 Å². The van der Waals surface area contributed by atoms with Gasteiger partial charge in [0.1, 0.15) is 0 Å². The Morgan fingerprint density at radius 3 is 2.65 bits per heavy atom. The van der Waals surface area contributed by atoms with Gasteiger partial charge in [0.05, 0.1) is 11.6 Å². The van der Waals surface area contributed by atoms with E-state index in [9.17, 15) is 4.79 Å². The molecule has 0 unspecified atom stereocenters. The number of amides is 1. The number of benzene rings is 1. The van der Waals surface area contributed by atoms with Gasteiger partial charge < -0.3 is 10.6 Å². The Bertz CT molecular complexity index is 405. The Balaban J connectivity index is 1.70. The van der Waals surface area contributed by atoms with Crippen molar-refractivity contribution in [3.8, 4) is 0 Å². The topological polar surface area (TPSA) is 41.1 Å². The first-order valence-corrected chi connectivity index (χ1v) is 6.41. The molecular formula is C14H18N2O. The zero-order valence-corrected chi connectivity index (χ0v) is 9.91. The molecule has 2 N–H and O–H groups in total. The molecule has 17 heavy (non-hydrogen) atoms. The van der Waals surface area contributed by atoms with Gasteiger partial charge in [-0.2, -0.15) is 0 Å². The van der Waals surface area contributed by atoms with Crippen LogP contribution in [0.1, 0.15) is 31.2 Å². The number of rotatable bonds is 3. The van der Waals surface area contributed by atoms with Crippen molar-refractivity contribution in [2.45, 2.75) is 37.3 Å². The molecule has 3 heteroatoms. The van der Waals surface area contributed by atoms with Gasteiger partial charge in [-0.15, -0.1) is 0 Å². The van der Waals surface area contributed by atoms with Gasteiger partial charge in [-0.1, -0.05) is 30.3 Å². The quantitative estimate of drug-likeness (QED) is 0.827. The fourth-order valence-electron chi connectivity index (χ4n) is 2.60. The molecule has 3 rings (SSSR count). The SMILES string of the molecule is O=C(NC1(c2ccccc2)CC1)[C@H]1CCCN1. The Kier molecular flexibility index (Phi) is 2.63. The maximum absolute atomic E-state index is 12.1. The van der Waals surface area contributed by atoms with Gasteiger partial charge in [-0.3, -0.25) is 4.79 Å². The van der Waals surface area contributed by atoms with Gasteiger partial charge in [-0.05, 0) is 37.8 Å². The zero-order valence-electron chi connectivity index (χ0n) is 9.91. The second kappa shape index (κ2) is 4.15. The van der Waals surface area contributed by atoms with Crippen LogP contribution >= 0.6 is 0 Å². The number of hydrogen-bond donors (Lipinski definition) is 2. The van der Waals surface area contributed by atoms with E-state index >= 15 is 0 Å². The van der Waals surface area contributed by atoms with E-state index in [1.54, 1.807) is 0 Å². The Labute approximate surface area is 102 Å². The summed E-state index contributed by atoms with van der Waals surface area (Å²) in [5.74, 6) is 0.170. The molecule has 0 spiro atoms. The molecule has 2 aliphatic rings. The van der Waals surface area contributed by atoms with Crippen molar-refractivity contribution in [2.24, 2.45) is 0 Å². The summed E-state index contributed by atoms with van der Waals surface area (Å²) in [6, 6.07) is 10.3. The van der Waals surface area contributed by atoms with E-state index in [4.69, 9.17) is 0 Å². The Morgan fingerprint density at radius 1 is 1.29 bits per heavy atom. The number of carbonyl (C=O) groups is 1. The van der Waals surface area contributed by atoms with Crippen molar-refractivity contribution in [1.29, 1.82) is 0 Å². The van der Waals surface area contributed by atoms with Crippen molar-refractivity contribution >= 4 is 5.91 Å². The molecule has 1 heterocycles. The van der Waals surface area contributed by atoms with Crippen molar-refractivity contribution in [3.63, 3.8) is 0 Å². The van der Waals surface area contributed by atoms with E-state index in [1.165, 1.54) is 5.56 Å². The van der Waals surface area contributed by atoms with Crippen LogP contribution in [0.5, 0.6) is 0 Å². The van der Waals surface area contributed by atoms with Gasteiger partial charge in [0, 0.05) is 0 Å². The normalized spacial score (nSPS) is 25.5. The third kappa shape index (κ3) is 2.07. The van der Waals surface area contributed by atoms with Crippen LogP contribution in [0, 0.1) is 0 Å². The summed E-state index contributed by atoms with van der Waals surface area (Å²) in [7, 11) is 0. The monoisotopic (exact) mass is 230 g/mol. The van der Waals surface area contributed by atoms with Crippen LogP contribution in [-0.4, -0.2) is 18.5 Å². The predicted octanol–water partition coefficient (Wildman–Crippen LogP) is 1.54. The molecular weight excluding hydrogens is 212 g/mol. The highest BCUT2D eigenvalue weighted by molar-refractivity contribution is 5.83. The van der Waals surface area contributed by atoms with Crippen molar-refractivity contribution in [2.75, 3.05) is 6.54 Å². The maximum Gasteiger partial charge on any atom is 0.237 e. The molecule has 1 saturated heterocycles. The summed E-state index contributed by atoms with van der Waals surface area (Å²) in [6.45, 7) is 0.969. The van der Waals surface area contributed by atoms with Crippen LogP contribution in [-0.2, 0) is 10.3 Å². The summed E-state index contributed by atoms with van der Waals surface area (Å²) in [5, 5.41) is 6.47. The highest BCUT2D eigenvalue weighted by atomic mass is 16.2. The first kappa shape index (κ1) is 10.8. The predicted molar refractivity (Wildman–Crippen MR) is 66.5 cm³/mol. The molecule has 0 bridgehead atoms.